The lowest BCUT2D eigenvalue weighted by atomic mass is 10.0. The zero-order valence-corrected chi connectivity index (χ0v) is 7.27. The van der Waals surface area contributed by atoms with Gasteiger partial charge in [-0.05, 0) is 18.6 Å². The van der Waals surface area contributed by atoms with Crippen LogP contribution in [0.2, 0.25) is 0 Å². The van der Waals surface area contributed by atoms with Crippen LogP contribution in [0.1, 0.15) is 13.3 Å². The van der Waals surface area contributed by atoms with Gasteiger partial charge < -0.3 is 15.4 Å². The molecule has 4 atom stereocenters. The van der Waals surface area contributed by atoms with Crippen LogP contribution in [-0.4, -0.2) is 40.9 Å². The Bertz CT molecular complexity index is 152. The second-order valence-electron chi connectivity index (χ2n) is 3.39. The predicted octanol–water partition coefficient (Wildman–Crippen LogP) is -1.69. The highest BCUT2D eigenvalue weighted by atomic mass is 16.5. The number of aliphatic hydroxyl groups is 1. The Morgan fingerprint density at radius 3 is 2.50 bits per heavy atom. The molecule has 5 nitrogen and oxygen atoms in total. The van der Waals surface area contributed by atoms with Crippen molar-refractivity contribution in [3.8, 4) is 0 Å². The molecule has 1 aliphatic rings. The number of rotatable bonds is 2. The van der Waals surface area contributed by atoms with Crippen LogP contribution in [0.4, 0.5) is 0 Å². The Morgan fingerprint density at radius 1 is 1.67 bits per heavy atom. The van der Waals surface area contributed by atoms with Gasteiger partial charge in [0.2, 0.25) is 0 Å². The summed E-state index contributed by atoms with van der Waals surface area (Å²) < 4.78 is 0. The number of nitrogens with one attached hydrogen (secondary N) is 1. The number of hydroxylamine groups is 2. The van der Waals surface area contributed by atoms with Crippen LogP contribution in [0, 0.1) is 5.92 Å². The number of nitrogens with zero attached hydrogens (tertiary/aromatic N) is 1. The first-order valence-corrected chi connectivity index (χ1v) is 4.04. The molecule has 1 unspecified atom stereocenters. The van der Waals surface area contributed by atoms with Gasteiger partial charge in [-0.25, -0.2) is 0 Å². The van der Waals surface area contributed by atoms with Crippen LogP contribution in [0.5, 0.6) is 0 Å². The van der Waals surface area contributed by atoms with Crippen molar-refractivity contribution in [1.29, 1.82) is 0 Å². The van der Waals surface area contributed by atoms with Crippen molar-refractivity contribution in [2.24, 2.45) is 5.92 Å². The minimum Gasteiger partial charge on any atom is -0.830 e. The van der Waals surface area contributed by atoms with Gasteiger partial charge in [0.25, 0.3) is 0 Å². The monoisotopic (exact) mass is 175 g/mol. The van der Waals surface area contributed by atoms with E-state index in [2.05, 4.69) is 5.32 Å². The molecular weight excluding hydrogens is 160 g/mol. The fourth-order valence-electron chi connectivity index (χ4n) is 1.58. The standard InChI is InChI=1S/C7H15N2O3/c1-4-3-5(9(2)12)8-6(4)7(10)11/h4-8,10,12H,3H2,1-2H3/q-1/t4-,5-,6-,7?/m1/s1. The molecule has 0 aromatic rings. The van der Waals surface area contributed by atoms with Gasteiger partial charge >= 0.3 is 0 Å². The maximum absolute atomic E-state index is 10.7. The summed E-state index contributed by atoms with van der Waals surface area (Å²) in [5, 5.41) is 32.4. The maximum Gasteiger partial charge on any atom is 0.0843 e. The van der Waals surface area contributed by atoms with E-state index in [9.17, 15) is 5.11 Å². The largest absolute Gasteiger partial charge is 0.830 e. The third kappa shape index (κ3) is 1.94. The van der Waals surface area contributed by atoms with Crippen LogP contribution < -0.4 is 10.4 Å². The average Bonchev–Trinajstić information content (AvgIpc) is 2.30. The van der Waals surface area contributed by atoms with Crippen LogP contribution in [0.15, 0.2) is 0 Å². The number of hydrogen-bond donors (Lipinski definition) is 3. The average molecular weight is 175 g/mol. The summed E-state index contributed by atoms with van der Waals surface area (Å²) >= 11 is 0. The molecule has 0 saturated carbocycles. The second-order valence-corrected chi connectivity index (χ2v) is 3.39. The molecule has 0 aromatic heterocycles. The molecule has 12 heavy (non-hydrogen) atoms. The molecule has 0 spiro atoms. The quantitative estimate of drug-likeness (QED) is 0.345. The van der Waals surface area contributed by atoms with E-state index >= 15 is 0 Å². The van der Waals surface area contributed by atoms with Gasteiger partial charge in [-0.15, -0.1) is 0 Å². The first-order valence-electron chi connectivity index (χ1n) is 4.04. The molecule has 1 saturated heterocycles. The molecule has 0 aromatic carbocycles. The molecular formula is C7H15N2O3-. The maximum atomic E-state index is 10.7. The Morgan fingerprint density at radius 2 is 2.25 bits per heavy atom. The van der Waals surface area contributed by atoms with Gasteiger partial charge in [0.1, 0.15) is 0 Å². The lowest BCUT2D eigenvalue weighted by Gasteiger charge is -2.27. The molecule has 1 aliphatic heterocycles. The van der Waals surface area contributed by atoms with E-state index in [0.717, 1.165) is 5.06 Å². The molecule has 72 valence electrons. The molecule has 0 radical (unpaired) electrons. The van der Waals surface area contributed by atoms with Crippen molar-refractivity contribution in [3.05, 3.63) is 0 Å². The smallest absolute Gasteiger partial charge is 0.0843 e. The predicted molar refractivity (Wildman–Crippen MR) is 40.0 cm³/mol. The molecule has 1 rings (SSSR count). The molecule has 0 amide bonds. The van der Waals surface area contributed by atoms with Gasteiger partial charge in [0.15, 0.2) is 0 Å². The first-order chi connectivity index (χ1) is 5.52. The van der Waals surface area contributed by atoms with Crippen LogP contribution in [0.3, 0.4) is 0 Å². The third-order valence-electron chi connectivity index (χ3n) is 2.35. The minimum atomic E-state index is -1.61. The molecule has 3 N–H and O–H groups in total. The van der Waals surface area contributed by atoms with E-state index in [4.69, 9.17) is 10.3 Å². The molecule has 1 heterocycles. The Labute approximate surface area is 71.6 Å². The zero-order chi connectivity index (χ0) is 9.30. The highest BCUT2D eigenvalue weighted by molar-refractivity contribution is 4.86. The molecule has 5 heteroatoms. The molecule has 0 aliphatic carbocycles. The minimum absolute atomic E-state index is 0.0945. The Hall–Kier alpha value is -0.200. The van der Waals surface area contributed by atoms with Crippen molar-refractivity contribution in [2.75, 3.05) is 7.05 Å². The van der Waals surface area contributed by atoms with Crippen LogP contribution in [0.25, 0.3) is 0 Å². The first kappa shape index (κ1) is 9.88. The summed E-state index contributed by atoms with van der Waals surface area (Å²) in [6, 6.07) is -0.454. The van der Waals surface area contributed by atoms with E-state index in [1.807, 2.05) is 6.92 Å². The van der Waals surface area contributed by atoms with Crippen LogP contribution in [-0.2, 0) is 0 Å². The van der Waals surface area contributed by atoms with E-state index in [0.29, 0.717) is 6.42 Å². The fraction of sp³-hybridized carbons (Fsp3) is 1.00. The third-order valence-corrected chi connectivity index (χ3v) is 2.35. The van der Waals surface area contributed by atoms with Gasteiger partial charge in [-0.1, -0.05) is 6.92 Å². The SMILES string of the molecule is C[C@@H]1C[C@@H](N(C)O)N[C@H]1C([O-])O. The summed E-state index contributed by atoms with van der Waals surface area (Å²) in [5.41, 5.74) is 0. The highest BCUT2D eigenvalue weighted by Crippen LogP contribution is 2.21. The summed E-state index contributed by atoms with van der Waals surface area (Å²) in [6.45, 7) is 1.88. The molecule has 1 fully saturated rings. The van der Waals surface area contributed by atoms with Gasteiger partial charge in [0, 0.05) is 13.1 Å². The van der Waals surface area contributed by atoms with Crippen molar-refractivity contribution >= 4 is 0 Å². The summed E-state index contributed by atoms with van der Waals surface area (Å²) in [5.74, 6) is 0.0945. The van der Waals surface area contributed by atoms with Gasteiger partial charge in [0.05, 0.1) is 6.17 Å². The number of hydrogen-bond acceptors (Lipinski definition) is 5. The normalized spacial score (nSPS) is 39.0. The topological polar surface area (TPSA) is 78.8 Å². The highest BCUT2D eigenvalue weighted by Gasteiger charge is 2.32. The Balaban J connectivity index is 2.50. The van der Waals surface area contributed by atoms with Crippen LogP contribution >= 0.6 is 0 Å². The lowest BCUT2D eigenvalue weighted by Crippen LogP contribution is -2.50. The second kappa shape index (κ2) is 3.68. The van der Waals surface area contributed by atoms with E-state index in [1.165, 1.54) is 7.05 Å². The zero-order valence-electron chi connectivity index (χ0n) is 7.27. The van der Waals surface area contributed by atoms with Crippen molar-refractivity contribution < 1.29 is 15.4 Å². The van der Waals surface area contributed by atoms with E-state index in [1.54, 1.807) is 0 Å². The Kier molecular flexibility index (Phi) is 3.03. The lowest BCUT2D eigenvalue weighted by molar-refractivity contribution is -0.490. The van der Waals surface area contributed by atoms with E-state index in [-0.39, 0.29) is 12.1 Å². The van der Waals surface area contributed by atoms with Crippen molar-refractivity contribution in [2.45, 2.75) is 31.8 Å². The van der Waals surface area contributed by atoms with E-state index < -0.39 is 12.3 Å². The summed E-state index contributed by atoms with van der Waals surface area (Å²) in [4.78, 5) is 0. The van der Waals surface area contributed by atoms with Gasteiger partial charge in [-0.3, -0.25) is 5.32 Å². The molecule has 0 bridgehead atoms. The van der Waals surface area contributed by atoms with Gasteiger partial charge in [-0.2, -0.15) is 5.06 Å². The summed E-state index contributed by atoms with van der Waals surface area (Å²) in [7, 11) is 1.52. The summed E-state index contributed by atoms with van der Waals surface area (Å²) in [6.07, 6.45) is -1.14. The van der Waals surface area contributed by atoms with Crippen molar-refractivity contribution in [3.63, 3.8) is 0 Å². The fourth-order valence-corrected chi connectivity index (χ4v) is 1.58. The van der Waals surface area contributed by atoms with Crippen molar-refractivity contribution in [1.82, 2.24) is 10.4 Å². The number of aliphatic hydroxyl groups excluding tert-OH is 1.